The van der Waals surface area contributed by atoms with Crippen LogP contribution in [0.3, 0.4) is 0 Å². The zero-order valence-corrected chi connectivity index (χ0v) is 13.3. The molecule has 3 saturated heterocycles. The first-order valence-electron chi connectivity index (χ1n) is 8.86. The van der Waals surface area contributed by atoms with Crippen LogP contribution in [0.25, 0.3) is 0 Å². The zero-order valence-electron chi connectivity index (χ0n) is 13.3. The standard InChI is InChI=1S/C19H26N2O/c22-19(17-7-4-8-17)21-13-16-9-10-18(21)14-20(12-16)11-15-5-2-1-3-6-15/h1-3,5-6,16-18H,4,7-14H2. The van der Waals surface area contributed by atoms with Crippen LogP contribution in [0.4, 0.5) is 0 Å². The molecular formula is C19H26N2O. The molecule has 1 amide bonds. The molecule has 2 atom stereocenters. The first-order chi connectivity index (χ1) is 10.8. The van der Waals surface area contributed by atoms with Crippen LogP contribution in [0.2, 0.25) is 0 Å². The van der Waals surface area contributed by atoms with Crippen molar-refractivity contribution >= 4 is 5.91 Å². The highest BCUT2D eigenvalue weighted by Gasteiger charge is 2.40. The van der Waals surface area contributed by atoms with Crippen LogP contribution < -0.4 is 0 Å². The fourth-order valence-corrected chi connectivity index (χ4v) is 4.31. The van der Waals surface area contributed by atoms with Gasteiger partial charge in [0.1, 0.15) is 0 Å². The molecule has 1 aromatic rings. The van der Waals surface area contributed by atoms with Gasteiger partial charge in [0.05, 0.1) is 0 Å². The third-order valence-electron chi connectivity index (χ3n) is 5.78. The molecule has 1 saturated carbocycles. The monoisotopic (exact) mass is 298 g/mol. The van der Waals surface area contributed by atoms with Crippen molar-refractivity contribution in [1.29, 1.82) is 0 Å². The lowest BCUT2D eigenvalue weighted by Gasteiger charge is -2.40. The fourth-order valence-electron chi connectivity index (χ4n) is 4.31. The van der Waals surface area contributed by atoms with Crippen molar-refractivity contribution in [2.24, 2.45) is 11.8 Å². The SMILES string of the molecule is O=C(C1CCC1)N1CC2CCC1CN(Cc1ccccc1)C2. The summed E-state index contributed by atoms with van der Waals surface area (Å²) in [5.74, 6) is 1.48. The molecule has 1 aromatic carbocycles. The second kappa shape index (κ2) is 6.04. The molecule has 0 aromatic heterocycles. The highest BCUT2D eigenvalue weighted by molar-refractivity contribution is 5.80. The maximum absolute atomic E-state index is 12.7. The van der Waals surface area contributed by atoms with Crippen LogP contribution in [0.5, 0.6) is 0 Å². The average Bonchev–Trinajstić information content (AvgIpc) is 2.76. The van der Waals surface area contributed by atoms with Crippen molar-refractivity contribution in [3.63, 3.8) is 0 Å². The van der Waals surface area contributed by atoms with Crippen molar-refractivity contribution in [1.82, 2.24) is 9.80 Å². The predicted molar refractivity (Wildman–Crippen MR) is 87.3 cm³/mol. The molecule has 1 aliphatic carbocycles. The summed E-state index contributed by atoms with van der Waals surface area (Å²) in [7, 11) is 0. The van der Waals surface area contributed by atoms with Crippen LogP contribution >= 0.6 is 0 Å². The molecule has 0 N–H and O–H groups in total. The van der Waals surface area contributed by atoms with E-state index < -0.39 is 0 Å². The summed E-state index contributed by atoms with van der Waals surface area (Å²) in [5.41, 5.74) is 1.39. The van der Waals surface area contributed by atoms with Crippen LogP contribution in [-0.4, -0.2) is 41.4 Å². The van der Waals surface area contributed by atoms with Gasteiger partial charge in [0.15, 0.2) is 0 Å². The van der Waals surface area contributed by atoms with Crippen molar-refractivity contribution < 1.29 is 4.79 Å². The lowest BCUT2D eigenvalue weighted by Crippen LogP contribution is -2.50. The van der Waals surface area contributed by atoms with Crippen LogP contribution in [-0.2, 0) is 11.3 Å². The number of carbonyl (C=O) groups excluding carboxylic acids is 1. The summed E-state index contributed by atoms with van der Waals surface area (Å²) < 4.78 is 0. The van der Waals surface area contributed by atoms with Gasteiger partial charge >= 0.3 is 0 Å². The predicted octanol–water partition coefficient (Wildman–Crippen LogP) is 2.91. The summed E-state index contributed by atoms with van der Waals surface area (Å²) in [6.07, 6.45) is 6.00. The molecule has 5 rings (SSSR count). The van der Waals surface area contributed by atoms with Gasteiger partial charge in [-0.25, -0.2) is 0 Å². The lowest BCUT2D eigenvalue weighted by atomic mass is 9.83. The summed E-state index contributed by atoms with van der Waals surface area (Å²) in [4.78, 5) is 17.5. The Labute approximate surface area is 133 Å². The summed E-state index contributed by atoms with van der Waals surface area (Å²) in [6, 6.07) is 11.2. The maximum atomic E-state index is 12.7. The molecule has 3 heterocycles. The van der Waals surface area contributed by atoms with Gasteiger partial charge in [-0.05, 0) is 37.2 Å². The highest BCUT2D eigenvalue weighted by Crippen LogP contribution is 2.34. The van der Waals surface area contributed by atoms with Crippen molar-refractivity contribution in [3.8, 4) is 0 Å². The Hall–Kier alpha value is -1.35. The minimum atomic E-state index is 0.349. The first kappa shape index (κ1) is 14.3. The number of benzene rings is 1. The number of carbonyl (C=O) groups is 1. The summed E-state index contributed by atoms with van der Waals surface area (Å²) in [6.45, 7) is 4.24. The topological polar surface area (TPSA) is 23.6 Å². The van der Waals surface area contributed by atoms with E-state index in [1.54, 1.807) is 0 Å². The number of rotatable bonds is 3. The molecule has 3 heteroatoms. The molecule has 118 valence electrons. The van der Waals surface area contributed by atoms with Gasteiger partial charge < -0.3 is 4.90 Å². The molecule has 2 unspecified atom stereocenters. The van der Waals surface area contributed by atoms with Gasteiger partial charge in [0, 0.05) is 38.1 Å². The van der Waals surface area contributed by atoms with Gasteiger partial charge in [0.25, 0.3) is 0 Å². The highest BCUT2D eigenvalue weighted by atomic mass is 16.2. The van der Waals surface area contributed by atoms with Crippen molar-refractivity contribution in [2.75, 3.05) is 19.6 Å². The fraction of sp³-hybridized carbons (Fsp3) is 0.632. The average molecular weight is 298 g/mol. The van der Waals surface area contributed by atoms with Gasteiger partial charge in [-0.2, -0.15) is 0 Å². The van der Waals surface area contributed by atoms with Gasteiger partial charge in [-0.1, -0.05) is 36.8 Å². The molecule has 22 heavy (non-hydrogen) atoms. The van der Waals surface area contributed by atoms with E-state index in [-0.39, 0.29) is 0 Å². The number of piperidine rings is 1. The van der Waals surface area contributed by atoms with E-state index in [2.05, 4.69) is 40.1 Å². The van der Waals surface area contributed by atoms with Gasteiger partial charge in [-0.3, -0.25) is 9.69 Å². The van der Waals surface area contributed by atoms with E-state index in [4.69, 9.17) is 0 Å². The van der Waals surface area contributed by atoms with E-state index in [1.807, 2.05) is 0 Å². The minimum absolute atomic E-state index is 0.349. The number of amides is 1. The second-order valence-corrected chi connectivity index (χ2v) is 7.40. The molecule has 0 radical (unpaired) electrons. The molecule has 4 fully saturated rings. The number of nitrogens with zero attached hydrogens (tertiary/aromatic N) is 2. The summed E-state index contributed by atoms with van der Waals surface area (Å²) in [5, 5.41) is 0. The van der Waals surface area contributed by atoms with E-state index in [1.165, 1.54) is 24.8 Å². The number of hydrogen-bond donors (Lipinski definition) is 0. The van der Waals surface area contributed by atoms with E-state index in [0.29, 0.717) is 23.8 Å². The van der Waals surface area contributed by atoms with E-state index in [9.17, 15) is 4.79 Å². The molecule has 2 bridgehead atoms. The Morgan fingerprint density at radius 2 is 1.82 bits per heavy atom. The smallest absolute Gasteiger partial charge is 0.225 e. The Morgan fingerprint density at radius 1 is 1.00 bits per heavy atom. The van der Waals surface area contributed by atoms with Crippen LogP contribution in [0.15, 0.2) is 30.3 Å². The number of fused-ring (bicyclic) bond motifs is 4. The quantitative estimate of drug-likeness (QED) is 0.856. The van der Waals surface area contributed by atoms with E-state index >= 15 is 0 Å². The molecule has 3 aliphatic heterocycles. The van der Waals surface area contributed by atoms with Crippen LogP contribution in [0.1, 0.15) is 37.7 Å². The Kier molecular flexibility index (Phi) is 3.91. The molecule has 3 nitrogen and oxygen atoms in total. The van der Waals surface area contributed by atoms with Gasteiger partial charge in [-0.15, -0.1) is 0 Å². The normalized spacial score (nSPS) is 29.2. The first-order valence-corrected chi connectivity index (χ1v) is 8.86. The van der Waals surface area contributed by atoms with Crippen molar-refractivity contribution in [3.05, 3.63) is 35.9 Å². The van der Waals surface area contributed by atoms with Crippen LogP contribution in [0, 0.1) is 11.8 Å². The molecular weight excluding hydrogens is 272 g/mol. The molecule has 4 aliphatic rings. The third kappa shape index (κ3) is 2.79. The van der Waals surface area contributed by atoms with Crippen molar-refractivity contribution in [2.45, 2.75) is 44.7 Å². The zero-order chi connectivity index (χ0) is 14.9. The minimum Gasteiger partial charge on any atom is -0.338 e. The maximum Gasteiger partial charge on any atom is 0.225 e. The lowest BCUT2D eigenvalue weighted by molar-refractivity contribution is -0.142. The second-order valence-electron chi connectivity index (χ2n) is 7.40. The number of hydrogen-bond acceptors (Lipinski definition) is 2. The molecule has 0 spiro atoms. The van der Waals surface area contributed by atoms with E-state index in [0.717, 1.165) is 39.0 Å². The largest absolute Gasteiger partial charge is 0.338 e. The third-order valence-corrected chi connectivity index (χ3v) is 5.78. The Bertz CT molecular complexity index is 525. The summed E-state index contributed by atoms with van der Waals surface area (Å²) >= 11 is 0. The Balaban J connectivity index is 1.45. The Morgan fingerprint density at radius 3 is 2.55 bits per heavy atom. The van der Waals surface area contributed by atoms with Gasteiger partial charge in [0.2, 0.25) is 5.91 Å².